The summed E-state index contributed by atoms with van der Waals surface area (Å²) in [5, 5.41) is 0.938. The molecule has 0 aromatic carbocycles. The molecule has 0 saturated carbocycles. The van der Waals surface area contributed by atoms with E-state index in [1.807, 2.05) is 18.9 Å². The minimum Gasteiger partial charge on any atom is -0.346 e. The van der Waals surface area contributed by atoms with Crippen LogP contribution in [0.15, 0.2) is 18.5 Å². The molecule has 3 nitrogen and oxygen atoms in total. The molecule has 0 aliphatic carbocycles. The zero-order valence-electron chi connectivity index (χ0n) is 6.74. The lowest BCUT2D eigenvalue weighted by Crippen LogP contribution is -2.18. The van der Waals surface area contributed by atoms with Crippen LogP contribution in [0, 0.1) is 0 Å². The number of rotatable bonds is 3. The third kappa shape index (κ3) is 2.31. The van der Waals surface area contributed by atoms with Crippen LogP contribution in [-0.4, -0.2) is 22.9 Å². The van der Waals surface area contributed by atoms with Gasteiger partial charge in [0.05, 0.1) is 0 Å². The number of hydrogen-bond acceptors (Lipinski definition) is 4. The summed E-state index contributed by atoms with van der Waals surface area (Å²) in [4.78, 5) is 6.09. The SMILES string of the molecule is C=C(C)CN(C)c1ncns1. The van der Waals surface area contributed by atoms with Crippen molar-refractivity contribution >= 4 is 16.7 Å². The van der Waals surface area contributed by atoms with Gasteiger partial charge in [0.1, 0.15) is 6.33 Å². The highest BCUT2D eigenvalue weighted by Crippen LogP contribution is 2.12. The van der Waals surface area contributed by atoms with Gasteiger partial charge in [0.25, 0.3) is 0 Å². The molecule has 1 aromatic heterocycles. The summed E-state index contributed by atoms with van der Waals surface area (Å²) in [6.45, 7) is 6.66. The van der Waals surface area contributed by atoms with Crippen LogP contribution in [-0.2, 0) is 0 Å². The Morgan fingerprint density at radius 3 is 3.00 bits per heavy atom. The summed E-state index contributed by atoms with van der Waals surface area (Å²) in [6, 6.07) is 0. The van der Waals surface area contributed by atoms with Crippen molar-refractivity contribution < 1.29 is 0 Å². The number of nitrogens with zero attached hydrogens (tertiary/aromatic N) is 3. The summed E-state index contributed by atoms with van der Waals surface area (Å²) in [6.07, 6.45) is 1.56. The van der Waals surface area contributed by atoms with Gasteiger partial charge in [-0.15, -0.1) is 0 Å². The molecular weight excluding hydrogens is 158 g/mol. The van der Waals surface area contributed by atoms with Gasteiger partial charge in [-0.25, -0.2) is 4.98 Å². The molecule has 0 aliphatic rings. The molecule has 0 amide bonds. The monoisotopic (exact) mass is 169 g/mol. The van der Waals surface area contributed by atoms with Gasteiger partial charge in [-0.1, -0.05) is 12.2 Å². The second-order valence-electron chi connectivity index (χ2n) is 2.54. The molecule has 1 rings (SSSR count). The molecule has 1 aromatic rings. The number of likely N-dealkylation sites (N-methyl/N-ethyl adjacent to an activating group) is 1. The van der Waals surface area contributed by atoms with Gasteiger partial charge >= 0.3 is 0 Å². The van der Waals surface area contributed by atoms with E-state index >= 15 is 0 Å². The topological polar surface area (TPSA) is 29.0 Å². The Morgan fingerprint density at radius 2 is 2.55 bits per heavy atom. The lowest BCUT2D eigenvalue weighted by molar-refractivity contribution is 0.974. The Morgan fingerprint density at radius 1 is 1.82 bits per heavy atom. The molecule has 0 saturated heterocycles. The first-order valence-corrected chi connectivity index (χ1v) is 4.09. The summed E-state index contributed by atoms with van der Waals surface area (Å²) >= 11 is 1.40. The number of anilines is 1. The summed E-state index contributed by atoms with van der Waals surface area (Å²) < 4.78 is 3.91. The van der Waals surface area contributed by atoms with Gasteiger partial charge in [-0.3, -0.25) is 0 Å². The van der Waals surface area contributed by atoms with Crippen LogP contribution in [0.1, 0.15) is 6.92 Å². The molecule has 0 N–H and O–H groups in total. The smallest absolute Gasteiger partial charge is 0.204 e. The lowest BCUT2D eigenvalue weighted by atomic mass is 10.3. The Balaban J connectivity index is 2.56. The predicted molar refractivity (Wildman–Crippen MR) is 48.0 cm³/mol. The maximum absolute atomic E-state index is 4.06. The van der Waals surface area contributed by atoms with Crippen LogP contribution in [0.3, 0.4) is 0 Å². The van der Waals surface area contributed by atoms with E-state index in [9.17, 15) is 0 Å². The Hall–Kier alpha value is -0.900. The Bertz CT molecular complexity index is 230. The van der Waals surface area contributed by atoms with E-state index in [1.54, 1.807) is 6.33 Å². The van der Waals surface area contributed by atoms with Crippen LogP contribution in [0.25, 0.3) is 0 Å². The van der Waals surface area contributed by atoms with E-state index < -0.39 is 0 Å². The second-order valence-corrected chi connectivity index (χ2v) is 3.30. The molecule has 0 radical (unpaired) electrons. The Kier molecular flexibility index (Phi) is 2.59. The first-order chi connectivity index (χ1) is 5.20. The highest BCUT2D eigenvalue weighted by molar-refractivity contribution is 7.09. The van der Waals surface area contributed by atoms with Crippen molar-refractivity contribution in [1.29, 1.82) is 0 Å². The van der Waals surface area contributed by atoms with E-state index in [2.05, 4.69) is 15.9 Å². The van der Waals surface area contributed by atoms with Gasteiger partial charge in [-0.05, 0) is 6.92 Å². The van der Waals surface area contributed by atoms with E-state index in [0.29, 0.717) is 0 Å². The molecule has 0 aliphatic heterocycles. The van der Waals surface area contributed by atoms with Crippen LogP contribution in [0.2, 0.25) is 0 Å². The maximum atomic E-state index is 4.06. The van der Waals surface area contributed by atoms with Crippen molar-refractivity contribution in [3.63, 3.8) is 0 Å². The predicted octanol–water partition coefficient (Wildman–Crippen LogP) is 1.55. The van der Waals surface area contributed by atoms with Gasteiger partial charge in [0.15, 0.2) is 0 Å². The third-order valence-electron chi connectivity index (χ3n) is 1.18. The average Bonchev–Trinajstić information content (AvgIpc) is 2.35. The third-order valence-corrected chi connectivity index (χ3v) is 1.96. The Labute approximate surface area is 70.5 Å². The van der Waals surface area contributed by atoms with Gasteiger partial charge in [-0.2, -0.15) is 4.37 Å². The average molecular weight is 169 g/mol. The van der Waals surface area contributed by atoms with Crippen LogP contribution in [0.5, 0.6) is 0 Å². The van der Waals surface area contributed by atoms with E-state index in [-0.39, 0.29) is 0 Å². The van der Waals surface area contributed by atoms with Crippen LogP contribution in [0.4, 0.5) is 5.13 Å². The van der Waals surface area contributed by atoms with Crippen molar-refractivity contribution in [3.05, 3.63) is 18.5 Å². The van der Waals surface area contributed by atoms with Crippen molar-refractivity contribution in [2.75, 3.05) is 18.5 Å². The van der Waals surface area contributed by atoms with Crippen molar-refractivity contribution in [2.24, 2.45) is 0 Å². The summed E-state index contributed by atoms with van der Waals surface area (Å²) in [7, 11) is 1.98. The van der Waals surface area contributed by atoms with Gasteiger partial charge < -0.3 is 4.90 Å². The van der Waals surface area contributed by atoms with E-state index in [0.717, 1.165) is 17.2 Å². The molecule has 0 spiro atoms. The zero-order valence-corrected chi connectivity index (χ0v) is 7.56. The van der Waals surface area contributed by atoms with Crippen LogP contribution < -0.4 is 4.90 Å². The lowest BCUT2D eigenvalue weighted by Gasteiger charge is -2.13. The largest absolute Gasteiger partial charge is 0.346 e. The fourth-order valence-electron chi connectivity index (χ4n) is 0.808. The standard InChI is InChI=1S/C7H11N3S/c1-6(2)4-10(3)7-8-5-9-11-7/h5H,1,4H2,2-3H3. The second kappa shape index (κ2) is 3.48. The van der Waals surface area contributed by atoms with Crippen molar-refractivity contribution in [1.82, 2.24) is 9.36 Å². The molecule has 0 fully saturated rings. The molecule has 4 heteroatoms. The highest BCUT2D eigenvalue weighted by Gasteiger charge is 2.02. The summed E-state index contributed by atoms with van der Waals surface area (Å²) in [5.41, 5.74) is 1.13. The van der Waals surface area contributed by atoms with Crippen LogP contribution >= 0.6 is 11.5 Å². The van der Waals surface area contributed by atoms with E-state index in [1.165, 1.54) is 11.5 Å². The minimum atomic E-state index is 0.842. The molecule has 0 unspecified atom stereocenters. The first kappa shape index (κ1) is 8.20. The van der Waals surface area contributed by atoms with Gasteiger partial charge in [0.2, 0.25) is 5.13 Å². The molecule has 0 atom stereocenters. The fraction of sp³-hybridized carbons (Fsp3) is 0.429. The normalized spacial score (nSPS) is 9.64. The summed E-state index contributed by atoms with van der Waals surface area (Å²) in [5.74, 6) is 0. The number of aromatic nitrogens is 2. The minimum absolute atomic E-state index is 0.842. The molecule has 0 bridgehead atoms. The quantitative estimate of drug-likeness (QED) is 0.643. The van der Waals surface area contributed by atoms with Crippen molar-refractivity contribution in [3.8, 4) is 0 Å². The zero-order chi connectivity index (χ0) is 8.27. The fourth-order valence-corrected chi connectivity index (χ4v) is 1.29. The first-order valence-electron chi connectivity index (χ1n) is 3.32. The molecule has 11 heavy (non-hydrogen) atoms. The van der Waals surface area contributed by atoms with E-state index in [4.69, 9.17) is 0 Å². The molecular formula is C7H11N3S. The molecule has 60 valence electrons. The molecule has 1 heterocycles. The van der Waals surface area contributed by atoms with Gasteiger partial charge in [0, 0.05) is 25.1 Å². The number of hydrogen-bond donors (Lipinski definition) is 0. The van der Waals surface area contributed by atoms with Crippen molar-refractivity contribution in [2.45, 2.75) is 6.92 Å². The highest BCUT2D eigenvalue weighted by atomic mass is 32.1. The maximum Gasteiger partial charge on any atom is 0.204 e.